The van der Waals surface area contributed by atoms with Crippen LogP contribution in [0, 0.1) is 20.8 Å². The van der Waals surface area contributed by atoms with Crippen molar-refractivity contribution in [1.82, 2.24) is 9.13 Å². The second-order valence-electron chi connectivity index (χ2n) is 10.9. The molecule has 6 rings (SSSR count). The molecule has 1 amide bonds. The van der Waals surface area contributed by atoms with Crippen molar-refractivity contribution >= 4 is 35.0 Å². The molecule has 0 spiro atoms. The van der Waals surface area contributed by atoms with Gasteiger partial charge in [0.05, 0.1) is 34.5 Å². The minimum Gasteiger partial charge on any atom is -0.465 e. The maximum absolute atomic E-state index is 14.2. The number of para-hydroxylation sites is 1. The van der Waals surface area contributed by atoms with Crippen LogP contribution in [-0.2, 0) is 9.53 Å². The van der Waals surface area contributed by atoms with E-state index in [0.717, 1.165) is 33.8 Å². The minimum atomic E-state index is -0.649. The fraction of sp³-hybridized carbons (Fsp3) is 0.167. The summed E-state index contributed by atoms with van der Waals surface area (Å²) in [6.45, 7) is 7.69. The van der Waals surface area contributed by atoms with Crippen LogP contribution in [0.1, 0.15) is 51.4 Å². The third kappa shape index (κ3) is 5.36. The summed E-state index contributed by atoms with van der Waals surface area (Å²) in [7, 11) is 1.37. The number of nitrogens with one attached hydrogen (secondary N) is 1. The Kier molecular flexibility index (Phi) is 7.95. The van der Waals surface area contributed by atoms with Crippen molar-refractivity contribution in [1.29, 1.82) is 0 Å². The van der Waals surface area contributed by atoms with Crippen LogP contribution < -0.4 is 20.2 Å². The second-order valence-corrected chi connectivity index (χ2v) is 11.9. The highest BCUT2D eigenvalue weighted by molar-refractivity contribution is 7.07. The number of esters is 1. The normalized spacial score (nSPS) is 14.6. The van der Waals surface area contributed by atoms with Gasteiger partial charge in [-0.15, -0.1) is 0 Å². The summed E-state index contributed by atoms with van der Waals surface area (Å²) in [6.07, 6.45) is 1.88. The van der Waals surface area contributed by atoms with Crippen LogP contribution in [0.5, 0.6) is 0 Å². The Morgan fingerprint density at radius 3 is 2.31 bits per heavy atom. The van der Waals surface area contributed by atoms with Crippen molar-refractivity contribution < 1.29 is 14.3 Å². The van der Waals surface area contributed by atoms with E-state index in [0.29, 0.717) is 31.9 Å². The first-order valence-corrected chi connectivity index (χ1v) is 15.3. The zero-order valence-electron chi connectivity index (χ0n) is 25.6. The summed E-state index contributed by atoms with van der Waals surface area (Å²) in [5, 5.41) is 2.98. The van der Waals surface area contributed by atoms with E-state index in [4.69, 9.17) is 9.73 Å². The molecule has 2 aromatic heterocycles. The van der Waals surface area contributed by atoms with Crippen LogP contribution in [0.4, 0.5) is 5.69 Å². The number of ether oxygens (including phenoxy) is 1. The zero-order valence-corrected chi connectivity index (χ0v) is 26.4. The molecule has 0 saturated heterocycles. The van der Waals surface area contributed by atoms with E-state index >= 15 is 0 Å². The molecule has 1 atom stereocenters. The van der Waals surface area contributed by atoms with Crippen molar-refractivity contribution in [3.63, 3.8) is 0 Å². The van der Waals surface area contributed by atoms with Crippen molar-refractivity contribution in [2.45, 2.75) is 33.7 Å². The number of methoxy groups -OCH3 is 1. The van der Waals surface area contributed by atoms with Crippen molar-refractivity contribution in [3.8, 4) is 5.69 Å². The van der Waals surface area contributed by atoms with Crippen molar-refractivity contribution in [2.24, 2.45) is 4.99 Å². The Morgan fingerprint density at radius 1 is 0.933 bits per heavy atom. The predicted octanol–water partition coefficient (Wildman–Crippen LogP) is 5.38. The average molecular weight is 617 g/mol. The first-order valence-electron chi connectivity index (χ1n) is 14.5. The number of amides is 1. The van der Waals surface area contributed by atoms with Gasteiger partial charge in [0.1, 0.15) is 0 Å². The lowest BCUT2D eigenvalue weighted by molar-refractivity contribution is -0.113. The van der Waals surface area contributed by atoms with Gasteiger partial charge in [-0.1, -0.05) is 65.9 Å². The summed E-state index contributed by atoms with van der Waals surface area (Å²) < 4.78 is 9.19. The molecule has 0 bridgehead atoms. The summed E-state index contributed by atoms with van der Waals surface area (Å²) in [5.74, 6) is -0.697. The third-order valence-electron chi connectivity index (χ3n) is 8.12. The number of fused-ring (bicyclic) bond motifs is 1. The molecule has 1 N–H and O–H groups in total. The Labute approximate surface area is 264 Å². The van der Waals surface area contributed by atoms with Crippen LogP contribution in [0.3, 0.4) is 0 Å². The van der Waals surface area contributed by atoms with Gasteiger partial charge in [-0.05, 0) is 80.8 Å². The summed E-state index contributed by atoms with van der Waals surface area (Å²) >= 11 is 1.30. The van der Waals surface area contributed by atoms with E-state index in [-0.39, 0.29) is 11.5 Å². The number of hydrogen-bond donors (Lipinski definition) is 1. The maximum Gasteiger partial charge on any atom is 0.338 e. The molecule has 1 aliphatic heterocycles. The largest absolute Gasteiger partial charge is 0.465 e. The van der Waals surface area contributed by atoms with Gasteiger partial charge in [-0.2, -0.15) is 0 Å². The van der Waals surface area contributed by atoms with Gasteiger partial charge in [-0.3, -0.25) is 14.2 Å². The molecule has 8 nitrogen and oxygen atoms in total. The number of carbonyl (C=O) groups is 2. The van der Waals surface area contributed by atoms with Gasteiger partial charge in [-0.25, -0.2) is 9.79 Å². The van der Waals surface area contributed by atoms with Crippen LogP contribution in [0.25, 0.3) is 11.8 Å². The van der Waals surface area contributed by atoms with Gasteiger partial charge in [0.25, 0.3) is 11.5 Å². The van der Waals surface area contributed by atoms with Gasteiger partial charge < -0.3 is 14.6 Å². The molecule has 45 heavy (non-hydrogen) atoms. The quantitative estimate of drug-likeness (QED) is 0.260. The van der Waals surface area contributed by atoms with E-state index < -0.39 is 12.0 Å². The Balaban J connectivity index is 1.47. The van der Waals surface area contributed by atoms with Crippen LogP contribution in [-0.4, -0.2) is 28.1 Å². The standard InChI is InChI=1S/C36H32N4O4S/c1-21-19-26(24(4)39(21)29-18-12-17-28(22(29)2)35(43)44-5)20-30-34(42)40-32(25-13-8-6-9-14-25)31(23(3)37-36(40)45-30)33(41)38-27-15-10-7-11-16-27/h6-20,32H,1-5H3,(H,38,41)/b30-20+/t32-/m0/s1. The molecular weight excluding hydrogens is 584 g/mol. The van der Waals surface area contributed by atoms with Crippen LogP contribution in [0.15, 0.2) is 106 Å². The van der Waals surface area contributed by atoms with E-state index in [1.807, 2.05) is 113 Å². The number of allylic oxidation sites excluding steroid dienone is 1. The number of aryl methyl sites for hydroxylation is 1. The fourth-order valence-electron chi connectivity index (χ4n) is 5.92. The lowest BCUT2D eigenvalue weighted by Gasteiger charge is -2.25. The second kappa shape index (κ2) is 12.0. The van der Waals surface area contributed by atoms with E-state index in [1.54, 1.807) is 10.6 Å². The molecule has 226 valence electrons. The van der Waals surface area contributed by atoms with E-state index in [1.165, 1.54) is 18.4 Å². The number of aromatic nitrogens is 2. The molecule has 0 aliphatic carbocycles. The predicted molar refractivity (Wildman–Crippen MR) is 177 cm³/mol. The highest BCUT2D eigenvalue weighted by atomic mass is 32.1. The van der Waals surface area contributed by atoms with Gasteiger partial charge in [0.2, 0.25) is 0 Å². The SMILES string of the molecule is COC(=O)c1cccc(-n2c(C)cc(/C=c3/sc4n(c3=O)[C@@H](c3ccccc3)C(C(=O)Nc3ccccc3)=C(C)N=4)c2C)c1C. The van der Waals surface area contributed by atoms with Gasteiger partial charge in [0, 0.05) is 22.8 Å². The van der Waals surface area contributed by atoms with E-state index in [9.17, 15) is 14.4 Å². The number of benzene rings is 3. The molecule has 3 heterocycles. The highest BCUT2D eigenvalue weighted by Crippen LogP contribution is 2.31. The van der Waals surface area contributed by atoms with E-state index in [2.05, 4.69) is 9.88 Å². The summed E-state index contributed by atoms with van der Waals surface area (Å²) in [6, 6.07) is 25.7. The lowest BCUT2D eigenvalue weighted by atomic mass is 9.95. The van der Waals surface area contributed by atoms with Gasteiger partial charge >= 0.3 is 5.97 Å². The summed E-state index contributed by atoms with van der Waals surface area (Å²) in [5.41, 5.74) is 7.14. The first-order chi connectivity index (χ1) is 21.7. The monoisotopic (exact) mass is 616 g/mol. The number of carbonyl (C=O) groups excluding carboxylic acids is 2. The van der Waals surface area contributed by atoms with Crippen molar-refractivity contribution in [2.75, 3.05) is 12.4 Å². The third-order valence-corrected chi connectivity index (χ3v) is 9.10. The molecule has 5 aromatic rings. The maximum atomic E-state index is 14.2. The number of nitrogens with zero attached hydrogens (tertiary/aromatic N) is 3. The first kappa shape index (κ1) is 29.8. The molecule has 0 unspecified atom stereocenters. The Hall–Kier alpha value is -5.28. The Morgan fingerprint density at radius 2 is 1.62 bits per heavy atom. The summed E-state index contributed by atoms with van der Waals surface area (Å²) in [4.78, 5) is 45.6. The lowest BCUT2D eigenvalue weighted by Crippen LogP contribution is -2.40. The molecule has 0 radical (unpaired) electrons. The molecule has 0 fully saturated rings. The fourth-order valence-corrected chi connectivity index (χ4v) is 6.96. The zero-order chi connectivity index (χ0) is 31.8. The molecule has 9 heteroatoms. The topological polar surface area (TPSA) is 94.7 Å². The Bertz CT molecular complexity index is 2170. The molecule has 0 saturated carbocycles. The van der Waals surface area contributed by atoms with Gasteiger partial charge in [0.15, 0.2) is 4.80 Å². The number of thiazole rings is 1. The number of rotatable bonds is 6. The number of hydrogen-bond acceptors (Lipinski definition) is 6. The van der Waals surface area contributed by atoms with Crippen LogP contribution in [0.2, 0.25) is 0 Å². The molecular formula is C36H32N4O4S. The smallest absolute Gasteiger partial charge is 0.338 e. The highest BCUT2D eigenvalue weighted by Gasteiger charge is 2.32. The molecule has 1 aliphatic rings. The van der Waals surface area contributed by atoms with Crippen molar-refractivity contribution in [3.05, 3.63) is 150 Å². The number of anilines is 1. The average Bonchev–Trinajstić information content (AvgIpc) is 3.50. The van der Waals surface area contributed by atoms with Crippen LogP contribution >= 0.6 is 11.3 Å². The molecule has 3 aromatic carbocycles. The minimum absolute atomic E-state index is 0.223.